The lowest BCUT2D eigenvalue weighted by atomic mass is 10.2. The van der Waals surface area contributed by atoms with Crippen molar-refractivity contribution in [3.8, 4) is 5.75 Å². The van der Waals surface area contributed by atoms with Crippen LogP contribution in [0.2, 0.25) is 0 Å². The van der Waals surface area contributed by atoms with Crippen LogP contribution < -0.4 is 4.74 Å². The van der Waals surface area contributed by atoms with E-state index in [4.69, 9.17) is 4.74 Å². The minimum atomic E-state index is -0.241. The number of halogens is 2. The maximum Gasteiger partial charge on any atom is 0.137 e. The average Bonchev–Trinajstić information content (AvgIpc) is 2.88. The summed E-state index contributed by atoms with van der Waals surface area (Å²) in [6.45, 7) is 3.32. The van der Waals surface area contributed by atoms with Crippen molar-refractivity contribution in [1.82, 2.24) is 4.57 Å². The Labute approximate surface area is 131 Å². The van der Waals surface area contributed by atoms with Gasteiger partial charge < -0.3 is 9.30 Å². The molecule has 1 heterocycles. The van der Waals surface area contributed by atoms with E-state index in [-0.39, 0.29) is 5.82 Å². The third-order valence-electron chi connectivity index (χ3n) is 3.41. The molecule has 3 aromatic rings. The average molecular weight is 348 g/mol. The van der Waals surface area contributed by atoms with Crippen LogP contribution in [0.1, 0.15) is 12.5 Å². The van der Waals surface area contributed by atoms with E-state index in [1.165, 1.54) is 6.07 Å². The van der Waals surface area contributed by atoms with Gasteiger partial charge in [0.05, 0.1) is 16.6 Å². The SMILES string of the molecule is CCOc1cccc2c1ccn2Cc1ccc(F)c(Br)c1. The molecule has 2 nitrogen and oxygen atoms in total. The molecule has 0 aliphatic rings. The summed E-state index contributed by atoms with van der Waals surface area (Å²) in [6.07, 6.45) is 2.03. The van der Waals surface area contributed by atoms with Crippen molar-refractivity contribution in [3.05, 3.63) is 64.5 Å². The zero-order valence-electron chi connectivity index (χ0n) is 11.6. The molecular weight excluding hydrogens is 333 g/mol. The molecule has 0 spiro atoms. The topological polar surface area (TPSA) is 14.2 Å². The van der Waals surface area contributed by atoms with Crippen molar-refractivity contribution in [2.24, 2.45) is 0 Å². The first kappa shape index (κ1) is 14.1. The lowest BCUT2D eigenvalue weighted by Gasteiger charge is -2.08. The van der Waals surface area contributed by atoms with E-state index in [2.05, 4.69) is 32.6 Å². The summed E-state index contributed by atoms with van der Waals surface area (Å²) in [5.41, 5.74) is 2.16. The van der Waals surface area contributed by atoms with E-state index < -0.39 is 0 Å². The Kier molecular flexibility index (Phi) is 3.97. The number of rotatable bonds is 4. The van der Waals surface area contributed by atoms with E-state index in [0.29, 0.717) is 17.6 Å². The van der Waals surface area contributed by atoms with E-state index >= 15 is 0 Å². The molecule has 0 bridgehead atoms. The number of aromatic nitrogens is 1. The molecule has 0 amide bonds. The Morgan fingerprint density at radius 1 is 1.19 bits per heavy atom. The van der Waals surface area contributed by atoms with E-state index in [1.807, 2.05) is 31.3 Å². The molecule has 0 aliphatic carbocycles. The van der Waals surface area contributed by atoms with Crippen LogP contribution in [-0.4, -0.2) is 11.2 Å². The smallest absolute Gasteiger partial charge is 0.137 e. The Bertz CT molecular complexity index is 782. The Hall–Kier alpha value is -1.81. The zero-order valence-corrected chi connectivity index (χ0v) is 13.2. The summed E-state index contributed by atoms with van der Waals surface area (Å²) in [7, 11) is 0. The fourth-order valence-corrected chi connectivity index (χ4v) is 2.88. The van der Waals surface area contributed by atoms with Gasteiger partial charge >= 0.3 is 0 Å². The molecule has 2 aromatic carbocycles. The van der Waals surface area contributed by atoms with Crippen molar-refractivity contribution in [2.75, 3.05) is 6.61 Å². The molecule has 0 aliphatic heterocycles. The van der Waals surface area contributed by atoms with Gasteiger partial charge in [-0.25, -0.2) is 4.39 Å². The molecule has 0 radical (unpaired) electrons. The normalized spacial score (nSPS) is 11.0. The minimum absolute atomic E-state index is 0.241. The van der Waals surface area contributed by atoms with Crippen molar-refractivity contribution in [2.45, 2.75) is 13.5 Å². The predicted octanol–water partition coefficient (Wildman–Crippen LogP) is 4.99. The second-order valence-electron chi connectivity index (χ2n) is 4.81. The summed E-state index contributed by atoms with van der Waals surface area (Å²) >= 11 is 3.23. The fourth-order valence-electron chi connectivity index (χ4n) is 2.45. The van der Waals surface area contributed by atoms with Crippen LogP contribution >= 0.6 is 15.9 Å². The fraction of sp³-hybridized carbons (Fsp3) is 0.176. The van der Waals surface area contributed by atoms with Crippen molar-refractivity contribution < 1.29 is 9.13 Å². The van der Waals surface area contributed by atoms with Crippen LogP contribution in [-0.2, 0) is 6.54 Å². The van der Waals surface area contributed by atoms with Gasteiger partial charge in [0, 0.05) is 18.1 Å². The Morgan fingerprint density at radius 2 is 2.05 bits per heavy atom. The second-order valence-corrected chi connectivity index (χ2v) is 5.67. The summed E-state index contributed by atoms with van der Waals surface area (Å²) < 4.78 is 21.6. The molecule has 0 N–H and O–H groups in total. The van der Waals surface area contributed by atoms with Crippen LogP contribution in [0, 0.1) is 5.82 Å². The lowest BCUT2D eigenvalue weighted by molar-refractivity contribution is 0.344. The molecule has 1 aromatic heterocycles. The van der Waals surface area contributed by atoms with Gasteiger partial charge in [0.2, 0.25) is 0 Å². The summed E-state index contributed by atoms with van der Waals surface area (Å²) in [4.78, 5) is 0. The van der Waals surface area contributed by atoms with Gasteiger partial charge in [0.15, 0.2) is 0 Å². The third kappa shape index (κ3) is 2.81. The van der Waals surface area contributed by atoms with Crippen LogP contribution in [0.4, 0.5) is 4.39 Å². The van der Waals surface area contributed by atoms with Gasteiger partial charge in [-0.2, -0.15) is 0 Å². The van der Waals surface area contributed by atoms with Crippen LogP contribution in [0.15, 0.2) is 53.1 Å². The van der Waals surface area contributed by atoms with Crippen LogP contribution in [0.3, 0.4) is 0 Å². The van der Waals surface area contributed by atoms with E-state index in [1.54, 1.807) is 6.07 Å². The quantitative estimate of drug-likeness (QED) is 0.648. The van der Waals surface area contributed by atoms with Crippen LogP contribution in [0.25, 0.3) is 10.9 Å². The van der Waals surface area contributed by atoms with E-state index in [0.717, 1.165) is 22.2 Å². The largest absolute Gasteiger partial charge is 0.493 e. The van der Waals surface area contributed by atoms with Gasteiger partial charge in [-0.1, -0.05) is 12.1 Å². The zero-order chi connectivity index (χ0) is 14.8. The number of benzene rings is 2. The monoisotopic (exact) mass is 347 g/mol. The van der Waals surface area contributed by atoms with E-state index in [9.17, 15) is 4.39 Å². The maximum absolute atomic E-state index is 13.3. The third-order valence-corrected chi connectivity index (χ3v) is 4.02. The molecule has 0 fully saturated rings. The highest BCUT2D eigenvalue weighted by Crippen LogP contribution is 2.27. The number of fused-ring (bicyclic) bond motifs is 1. The summed E-state index contributed by atoms with van der Waals surface area (Å²) in [5, 5.41) is 1.10. The van der Waals surface area contributed by atoms with Crippen molar-refractivity contribution in [3.63, 3.8) is 0 Å². The molecule has 108 valence electrons. The highest BCUT2D eigenvalue weighted by Gasteiger charge is 2.07. The minimum Gasteiger partial charge on any atom is -0.493 e. The molecule has 0 saturated carbocycles. The molecule has 3 rings (SSSR count). The number of hydrogen-bond donors (Lipinski definition) is 0. The van der Waals surface area contributed by atoms with Gasteiger partial charge in [0.25, 0.3) is 0 Å². The standard InChI is InChI=1S/C17H15BrFNO/c1-2-21-17-5-3-4-16-13(17)8-9-20(16)11-12-6-7-15(19)14(18)10-12/h3-10H,2,11H2,1H3. The maximum atomic E-state index is 13.3. The van der Waals surface area contributed by atoms with Gasteiger partial charge in [-0.15, -0.1) is 0 Å². The molecule has 0 atom stereocenters. The first-order valence-electron chi connectivity index (χ1n) is 6.83. The van der Waals surface area contributed by atoms with Crippen LogP contribution in [0.5, 0.6) is 5.75 Å². The molecule has 4 heteroatoms. The Morgan fingerprint density at radius 3 is 2.81 bits per heavy atom. The molecule has 0 unspecified atom stereocenters. The van der Waals surface area contributed by atoms with Gasteiger partial charge in [0.1, 0.15) is 11.6 Å². The van der Waals surface area contributed by atoms with Crippen molar-refractivity contribution >= 4 is 26.8 Å². The molecule has 0 saturated heterocycles. The van der Waals surface area contributed by atoms with Crippen molar-refractivity contribution in [1.29, 1.82) is 0 Å². The highest BCUT2D eigenvalue weighted by molar-refractivity contribution is 9.10. The second kappa shape index (κ2) is 5.90. The van der Waals surface area contributed by atoms with Gasteiger partial charge in [-0.05, 0) is 58.7 Å². The number of ether oxygens (including phenoxy) is 1. The number of hydrogen-bond acceptors (Lipinski definition) is 1. The lowest BCUT2D eigenvalue weighted by Crippen LogP contribution is -1.98. The molecular formula is C17H15BrFNO. The highest BCUT2D eigenvalue weighted by atomic mass is 79.9. The number of nitrogens with zero attached hydrogens (tertiary/aromatic N) is 1. The first-order chi connectivity index (χ1) is 10.2. The Balaban J connectivity index is 1.97. The summed E-state index contributed by atoms with van der Waals surface area (Å²) in [6, 6.07) is 13.2. The molecule has 21 heavy (non-hydrogen) atoms. The predicted molar refractivity (Wildman–Crippen MR) is 86.3 cm³/mol. The first-order valence-corrected chi connectivity index (χ1v) is 7.63. The summed E-state index contributed by atoms with van der Waals surface area (Å²) in [5.74, 6) is 0.656. The van der Waals surface area contributed by atoms with Gasteiger partial charge in [-0.3, -0.25) is 0 Å².